The second-order valence-electron chi connectivity index (χ2n) is 11.1. The SMILES string of the molecule is CC(C)C[C@H](NC(=O)C1(Cc2ccccc2)CC(CNC(=O)c2cc(-c3cccnc3)nn2C(C)C)=NO1)B(O)O. The summed E-state index contributed by atoms with van der Waals surface area (Å²) in [6, 6.07) is 14.7. The molecule has 4 rings (SSSR count). The third-order valence-corrected chi connectivity index (χ3v) is 6.85. The van der Waals surface area contributed by atoms with Crippen LogP contribution in [0.2, 0.25) is 0 Å². The van der Waals surface area contributed by atoms with Gasteiger partial charge in [0.05, 0.1) is 23.9 Å². The first-order chi connectivity index (χ1) is 19.6. The molecule has 1 unspecified atom stereocenters. The van der Waals surface area contributed by atoms with E-state index in [0.717, 1.165) is 11.1 Å². The minimum Gasteiger partial charge on any atom is -0.426 e. The molecule has 1 aliphatic heterocycles. The number of hydrogen-bond acceptors (Lipinski definition) is 8. The smallest absolute Gasteiger partial charge is 0.426 e. The van der Waals surface area contributed by atoms with Gasteiger partial charge in [0, 0.05) is 36.8 Å². The zero-order valence-corrected chi connectivity index (χ0v) is 23.8. The van der Waals surface area contributed by atoms with E-state index in [1.54, 1.807) is 23.1 Å². The summed E-state index contributed by atoms with van der Waals surface area (Å²) in [6.07, 6.45) is 4.08. The number of hydrogen-bond donors (Lipinski definition) is 4. The van der Waals surface area contributed by atoms with Gasteiger partial charge in [-0.3, -0.25) is 19.3 Å². The molecule has 0 fully saturated rings. The number of pyridine rings is 1. The molecule has 4 N–H and O–H groups in total. The maximum atomic E-state index is 13.6. The molecule has 0 saturated carbocycles. The van der Waals surface area contributed by atoms with Crippen molar-refractivity contribution in [3.63, 3.8) is 0 Å². The lowest BCUT2D eigenvalue weighted by atomic mass is 9.74. The highest BCUT2D eigenvalue weighted by Gasteiger charge is 2.48. The number of nitrogens with zero attached hydrogens (tertiary/aromatic N) is 4. The number of rotatable bonds is 12. The lowest BCUT2D eigenvalue weighted by Crippen LogP contribution is -2.56. The number of oxime groups is 1. The highest BCUT2D eigenvalue weighted by atomic mass is 16.7. The van der Waals surface area contributed by atoms with E-state index in [1.165, 1.54) is 0 Å². The van der Waals surface area contributed by atoms with Crippen molar-refractivity contribution in [2.75, 3.05) is 6.54 Å². The average Bonchev–Trinajstić information content (AvgIpc) is 3.58. The Morgan fingerprint density at radius 2 is 1.88 bits per heavy atom. The largest absolute Gasteiger partial charge is 0.475 e. The number of carbonyl (C=O) groups is 2. The Bertz CT molecular complexity index is 1360. The Morgan fingerprint density at radius 1 is 1.12 bits per heavy atom. The van der Waals surface area contributed by atoms with Crippen molar-refractivity contribution in [2.45, 2.75) is 64.5 Å². The number of benzene rings is 1. The quantitative estimate of drug-likeness (QED) is 0.249. The van der Waals surface area contributed by atoms with E-state index in [1.807, 2.05) is 70.2 Å². The molecule has 41 heavy (non-hydrogen) atoms. The summed E-state index contributed by atoms with van der Waals surface area (Å²) in [5.74, 6) is -1.58. The third-order valence-electron chi connectivity index (χ3n) is 6.85. The van der Waals surface area contributed by atoms with Crippen LogP contribution in [0.15, 0.2) is 66.1 Å². The molecule has 0 spiro atoms. The molecule has 2 aromatic heterocycles. The van der Waals surface area contributed by atoms with Crippen molar-refractivity contribution < 1.29 is 24.5 Å². The molecule has 0 radical (unpaired) electrons. The maximum Gasteiger partial charge on any atom is 0.475 e. The molecule has 3 aromatic rings. The van der Waals surface area contributed by atoms with Crippen LogP contribution in [-0.4, -0.2) is 67.5 Å². The van der Waals surface area contributed by atoms with Crippen LogP contribution in [0.3, 0.4) is 0 Å². The summed E-state index contributed by atoms with van der Waals surface area (Å²) in [5.41, 5.74) is 1.77. The first-order valence-electron chi connectivity index (χ1n) is 13.8. The van der Waals surface area contributed by atoms with Gasteiger partial charge in [-0.25, -0.2) is 0 Å². The molecule has 0 bridgehead atoms. The Kier molecular flexibility index (Phi) is 9.56. The average molecular weight is 560 g/mol. The fraction of sp³-hybridized carbons (Fsp3) is 0.414. The molecule has 11 nitrogen and oxygen atoms in total. The molecule has 0 aliphatic carbocycles. The molecular formula is C29H37BN6O5. The standard InChI is InChI=1S/C29H37BN6O5/c1-19(2)13-26(30(39)40)33-28(38)29(15-21-9-6-5-7-10-21)16-23(35-41-29)18-32-27(37)25-14-24(34-36(25)20(3)4)22-11-8-12-31-17-22/h5-12,14,17,19-20,26,39-40H,13,15-16,18H2,1-4H3,(H,32,37)(H,33,38)/t26-,29?/m0/s1. The summed E-state index contributed by atoms with van der Waals surface area (Å²) >= 11 is 0. The predicted molar refractivity (Wildman–Crippen MR) is 156 cm³/mol. The summed E-state index contributed by atoms with van der Waals surface area (Å²) in [5, 5.41) is 34.2. The number of carbonyl (C=O) groups excluding carboxylic acids is 2. The maximum absolute atomic E-state index is 13.6. The predicted octanol–water partition coefficient (Wildman–Crippen LogP) is 2.56. The Balaban J connectivity index is 1.49. The van der Waals surface area contributed by atoms with Crippen molar-refractivity contribution in [1.29, 1.82) is 0 Å². The van der Waals surface area contributed by atoms with Gasteiger partial charge in [0.25, 0.3) is 11.8 Å². The van der Waals surface area contributed by atoms with Gasteiger partial charge in [0.1, 0.15) is 5.69 Å². The summed E-state index contributed by atoms with van der Waals surface area (Å²) in [7, 11) is -1.72. The molecule has 1 aromatic carbocycles. The van der Waals surface area contributed by atoms with Crippen LogP contribution in [0, 0.1) is 5.92 Å². The van der Waals surface area contributed by atoms with Gasteiger partial charge in [-0.05, 0) is 49.9 Å². The lowest BCUT2D eigenvalue weighted by Gasteiger charge is -2.29. The second-order valence-corrected chi connectivity index (χ2v) is 11.1. The van der Waals surface area contributed by atoms with Gasteiger partial charge in [0.15, 0.2) is 0 Å². The fourth-order valence-corrected chi connectivity index (χ4v) is 4.81. The minimum atomic E-state index is -1.72. The monoisotopic (exact) mass is 560 g/mol. The van der Waals surface area contributed by atoms with Crippen molar-refractivity contribution in [3.05, 3.63) is 72.2 Å². The van der Waals surface area contributed by atoms with Crippen LogP contribution < -0.4 is 10.6 Å². The molecular weight excluding hydrogens is 523 g/mol. The van der Waals surface area contributed by atoms with Gasteiger partial charge in [-0.1, -0.05) is 49.3 Å². The molecule has 216 valence electrons. The topological polar surface area (TPSA) is 151 Å². The Hall–Kier alpha value is -4.03. The normalized spacial score (nSPS) is 17.2. The van der Waals surface area contributed by atoms with Gasteiger partial charge >= 0.3 is 7.12 Å². The van der Waals surface area contributed by atoms with Gasteiger partial charge in [0.2, 0.25) is 5.60 Å². The van der Waals surface area contributed by atoms with Crippen molar-refractivity contribution in [2.24, 2.45) is 11.1 Å². The van der Waals surface area contributed by atoms with Gasteiger partial charge in [-0.2, -0.15) is 5.10 Å². The Labute approximate surface area is 240 Å². The number of nitrogens with one attached hydrogen (secondary N) is 2. The van der Waals surface area contributed by atoms with Crippen molar-refractivity contribution in [1.82, 2.24) is 25.4 Å². The molecule has 3 heterocycles. The van der Waals surface area contributed by atoms with E-state index in [2.05, 4.69) is 25.9 Å². The Morgan fingerprint density at radius 3 is 2.51 bits per heavy atom. The van der Waals surface area contributed by atoms with E-state index in [9.17, 15) is 19.6 Å². The van der Waals surface area contributed by atoms with E-state index >= 15 is 0 Å². The van der Waals surface area contributed by atoms with Crippen molar-refractivity contribution >= 4 is 24.6 Å². The van der Waals surface area contributed by atoms with E-state index in [0.29, 0.717) is 23.5 Å². The molecule has 2 atom stereocenters. The zero-order valence-electron chi connectivity index (χ0n) is 23.8. The van der Waals surface area contributed by atoms with Gasteiger partial charge < -0.3 is 25.5 Å². The van der Waals surface area contributed by atoms with Crippen LogP contribution in [0.25, 0.3) is 11.3 Å². The van der Waals surface area contributed by atoms with Crippen LogP contribution in [-0.2, 0) is 16.1 Å². The fourth-order valence-electron chi connectivity index (χ4n) is 4.81. The van der Waals surface area contributed by atoms with Crippen LogP contribution in [0.4, 0.5) is 0 Å². The van der Waals surface area contributed by atoms with Gasteiger partial charge in [-0.15, -0.1) is 0 Å². The van der Waals surface area contributed by atoms with E-state index in [-0.39, 0.29) is 37.3 Å². The first kappa shape index (κ1) is 29.9. The minimum absolute atomic E-state index is 0.0591. The number of amides is 2. The third kappa shape index (κ3) is 7.39. The van der Waals surface area contributed by atoms with Crippen LogP contribution in [0.1, 0.15) is 62.6 Å². The number of aromatic nitrogens is 3. The lowest BCUT2D eigenvalue weighted by molar-refractivity contribution is -0.144. The van der Waals surface area contributed by atoms with Crippen molar-refractivity contribution in [3.8, 4) is 11.3 Å². The van der Waals surface area contributed by atoms with Crippen LogP contribution in [0.5, 0.6) is 0 Å². The summed E-state index contributed by atoms with van der Waals surface area (Å²) in [4.78, 5) is 36.8. The molecule has 12 heteroatoms. The molecule has 2 amide bonds. The zero-order chi connectivity index (χ0) is 29.6. The molecule has 0 saturated heterocycles. The highest BCUT2D eigenvalue weighted by Crippen LogP contribution is 2.29. The summed E-state index contributed by atoms with van der Waals surface area (Å²) < 4.78 is 1.66. The second kappa shape index (κ2) is 13.1. The van der Waals surface area contributed by atoms with E-state index < -0.39 is 24.6 Å². The summed E-state index contributed by atoms with van der Waals surface area (Å²) in [6.45, 7) is 7.81. The molecule has 1 aliphatic rings. The highest BCUT2D eigenvalue weighted by molar-refractivity contribution is 6.43. The van der Waals surface area contributed by atoms with Crippen LogP contribution >= 0.6 is 0 Å². The van der Waals surface area contributed by atoms with E-state index in [4.69, 9.17) is 4.84 Å². The first-order valence-corrected chi connectivity index (χ1v) is 13.8.